The van der Waals surface area contributed by atoms with Gasteiger partial charge in [0.15, 0.2) is 0 Å². The fraction of sp³-hybridized carbons (Fsp3) is 0.250. The molecular weight excluding hydrogens is 252 g/mol. The van der Waals surface area contributed by atoms with Crippen LogP contribution in [-0.2, 0) is 21.2 Å². The molecule has 96 valence electrons. The highest BCUT2D eigenvalue weighted by molar-refractivity contribution is 7.92. The van der Waals surface area contributed by atoms with E-state index < -0.39 is 10.0 Å². The van der Waals surface area contributed by atoms with Crippen LogP contribution >= 0.6 is 0 Å². The number of fused-ring (bicyclic) bond motifs is 1. The smallest absolute Gasteiger partial charge is 0.247 e. The fourth-order valence-electron chi connectivity index (χ4n) is 2.05. The molecule has 1 heterocycles. The van der Waals surface area contributed by atoms with E-state index in [1.165, 1.54) is 16.6 Å². The summed E-state index contributed by atoms with van der Waals surface area (Å²) in [5, 5.41) is 2.69. The number of carbonyl (C=O) groups excluding carboxylic acids is 1. The number of carbonyl (C=O) groups is 1. The van der Waals surface area contributed by atoms with E-state index in [0.29, 0.717) is 24.3 Å². The van der Waals surface area contributed by atoms with Crippen LogP contribution in [0.25, 0.3) is 0 Å². The lowest BCUT2D eigenvalue weighted by Gasteiger charge is -2.16. The molecule has 0 atom stereocenters. The molecule has 0 unspecified atom stereocenters. The van der Waals surface area contributed by atoms with E-state index in [2.05, 4.69) is 11.9 Å². The van der Waals surface area contributed by atoms with Gasteiger partial charge in [-0.05, 0) is 24.6 Å². The minimum Gasteiger partial charge on any atom is -0.322 e. The summed E-state index contributed by atoms with van der Waals surface area (Å²) < 4.78 is 24.6. The maximum atomic E-state index is 11.6. The summed E-state index contributed by atoms with van der Waals surface area (Å²) in [5.41, 5.74) is 2.13. The van der Waals surface area contributed by atoms with Crippen LogP contribution in [0.4, 0.5) is 11.4 Å². The Morgan fingerprint density at radius 3 is 2.83 bits per heavy atom. The van der Waals surface area contributed by atoms with Gasteiger partial charge in [0.2, 0.25) is 15.9 Å². The van der Waals surface area contributed by atoms with E-state index in [-0.39, 0.29) is 5.91 Å². The van der Waals surface area contributed by atoms with E-state index >= 15 is 0 Å². The zero-order valence-corrected chi connectivity index (χ0v) is 10.8. The monoisotopic (exact) mass is 266 g/mol. The normalized spacial score (nSPS) is 14.2. The lowest BCUT2D eigenvalue weighted by Crippen LogP contribution is -2.27. The van der Waals surface area contributed by atoms with Crippen LogP contribution in [0, 0.1) is 0 Å². The molecule has 0 aromatic heterocycles. The fourth-order valence-corrected chi connectivity index (χ4v) is 3.00. The molecule has 2 rings (SSSR count). The Hall–Kier alpha value is -1.82. The zero-order valence-electron chi connectivity index (χ0n) is 10.0. The van der Waals surface area contributed by atoms with E-state index in [4.69, 9.17) is 0 Å². The predicted octanol–water partition coefficient (Wildman–Crippen LogP) is 1.13. The second kappa shape index (κ2) is 4.45. The molecule has 0 aliphatic carbocycles. The molecule has 0 saturated heterocycles. The molecule has 5 nitrogen and oxygen atoms in total. The number of nitrogens with zero attached hydrogens (tertiary/aromatic N) is 1. The Balaban J connectivity index is 2.42. The second-order valence-electron chi connectivity index (χ2n) is 4.08. The quantitative estimate of drug-likeness (QED) is 0.834. The van der Waals surface area contributed by atoms with E-state index in [1.807, 2.05) is 0 Å². The standard InChI is InChI=1S/C12H14N2O3S/c1-3-12(15)13-10-5-4-6-11-9(10)7-8-14(11)18(2,16)17/h3-6H,1,7-8H2,2H3,(H,13,15). The van der Waals surface area contributed by atoms with Gasteiger partial charge in [-0.25, -0.2) is 8.42 Å². The Labute approximate surface area is 106 Å². The summed E-state index contributed by atoms with van der Waals surface area (Å²) in [6, 6.07) is 5.22. The third-order valence-corrected chi connectivity index (χ3v) is 4.01. The van der Waals surface area contributed by atoms with Crippen molar-refractivity contribution in [2.24, 2.45) is 0 Å². The van der Waals surface area contributed by atoms with Crippen LogP contribution in [0.15, 0.2) is 30.9 Å². The number of nitrogens with one attached hydrogen (secondary N) is 1. The van der Waals surface area contributed by atoms with Crippen molar-refractivity contribution in [1.29, 1.82) is 0 Å². The summed E-state index contributed by atoms with van der Waals surface area (Å²) in [6.45, 7) is 3.80. The van der Waals surface area contributed by atoms with E-state index in [1.54, 1.807) is 18.2 Å². The lowest BCUT2D eigenvalue weighted by molar-refractivity contribution is -0.111. The predicted molar refractivity (Wildman–Crippen MR) is 71.2 cm³/mol. The van der Waals surface area contributed by atoms with Crippen LogP contribution < -0.4 is 9.62 Å². The van der Waals surface area contributed by atoms with Crippen molar-refractivity contribution in [2.45, 2.75) is 6.42 Å². The van der Waals surface area contributed by atoms with Crippen molar-refractivity contribution >= 4 is 27.3 Å². The summed E-state index contributed by atoms with van der Waals surface area (Å²) in [6.07, 6.45) is 2.95. The van der Waals surface area contributed by atoms with Crippen molar-refractivity contribution < 1.29 is 13.2 Å². The zero-order chi connectivity index (χ0) is 13.3. The largest absolute Gasteiger partial charge is 0.322 e. The summed E-state index contributed by atoms with van der Waals surface area (Å²) >= 11 is 0. The molecule has 1 amide bonds. The van der Waals surface area contributed by atoms with E-state index in [0.717, 1.165) is 5.56 Å². The molecule has 18 heavy (non-hydrogen) atoms. The van der Waals surface area contributed by atoms with Crippen LogP contribution in [0.2, 0.25) is 0 Å². The van der Waals surface area contributed by atoms with Crippen molar-refractivity contribution in [3.63, 3.8) is 0 Å². The van der Waals surface area contributed by atoms with Crippen molar-refractivity contribution in [2.75, 3.05) is 22.4 Å². The first kappa shape index (κ1) is 12.6. The molecule has 0 fully saturated rings. The van der Waals surface area contributed by atoms with Gasteiger partial charge >= 0.3 is 0 Å². The average Bonchev–Trinajstić information content (AvgIpc) is 2.73. The van der Waals surface area contributed by atoms with Crippen molar-refractivity contribution in [3.8, 4) is 0 Å². The van der Waals surface area contributed by atoms with Gasteiger partial charge in [-0.2, -0.15) is 0 Å². The molecule has 0 radical (unpaired) electrons. The van der Waals surface area contributed by atoms with Crippen molar-refractivity contribution in [3.05, 3.63) is 36.4 Å². The Kier molecular flexibility index (Phi) is 3.13. The summed E-state index contributed by atoms with van der Waals surface area (Å²) in [7, 11) is -3.27. The molecule has 1 aromatic carbocycles. The van der Waals surface area contributed by atoms with Crippen LogP contribution in [0.1, 0.15) is 5.56 Å². The number of sulfonamides is 1. The number of hydrogen-bond donors (Lipinski definition) is 1. The third-order valence-electron chi connectivity index (χ3n) is 2.83. The van der Waals surface area contributed by atoms with Gasteiger partial charge in [-0.3, -0.25) is 9.10 Å². The maximum absolute atomic E-state index is 11.6. The molecule has 1 aliphatic rings. The molecule has 0 spiro atoms. The minimum atomic E-state index is -3.27. The van der Waals surface area contributed by atoms with Crippen LogP contribution in [0.3, 0.4) is 0 Å². The summed E-state index contributed by atoms with van der Waals surface area (Å²) in [4.78, 5) is 11.3. The van der Waals surface area contributed by atoms with Gasteiger partial charge < -0.3 is 5.32 Å². The summed E-state index contributed by atoms with van der Waals surface area (Å²) in [5.74, 6) is -0.304. The van der Waals surface area contributed by atoms with Gasteiger partial charge in [0.05, 0.1) is 11.9 Å². The van der Waals surface area contributed by atoms with E-state index in [9.17, 15) is 13.2 Å². The lowest BCUT2D eigenvalue weighted by atomic mass is 10.1. The molecule has 1 aliphatic heterocycles. The second-order valence-corrected chi connectivity index (χ2v) is 5.99. The van der Waals surface area contributed by atoms with Gasteiger partial charge in [-0.1, -0.05) is 12.6 Å². The first-order valence-electron chi connectivity index (χ1n) is 5.46. The number of benzene rings is 1. The SMILES string of the molecule is C=CC(=O)Nc1cccc2c1CCN2S(C)(=O)=O. The highest BCUT2D eigenvalue weighted by Gasteiger charge is 2.27. The van der Waals surface area contributed by atoms with Gasteiger partial charge in [0.25, 0.3) is 0 Å². The topological polar surface area (TPSA) is 66.5 Å². The highest BCUT2D eigenvalue weighted by Crippen LogP contribution is 2.34. The number of hydrogen-bond acceptors (Lipinski definition) is 3. The van der Waals surface area contributed by atoms with Gasteiger partial charge in [0.1, 0.15) is 0 Å². The average molecular weight is 266 g/mol. The molecule has 6 heteroatoms. The van der Waals surface area contributed by atoms with Crippen LogP contribution in [-0.4, -0.2) is 27.1 Å². The van der Waals surface area contributed by atoms with Crippen molar-refractivity contribution in [1.82, 2.24) is 0 Å². The molecular formula is C12H14N2O3S. The number of amides is 1. The third kappa shape index (κ3) is 2.24. The minimum absolute atomic E-state index is 0.304. The Morgan fingerprint density at radius 2 is 2.22 bits per heavy atom. The Morgan fingerprint density at radius 1 is 1.50 bits per heavy atom. The Bertz CT molecular complexity index is 608. The molecule has 0 bridgehead atoms. The first-order chi connectivity index (χ1) is 8.43. The maximum Gasteiger partial charge on any atom is 0.247 e. The molecule has 0 saturated carbocycles. The number of rotatable bonds is 3. The molecule has 1 N–H and O–H groups in total. The molecule has 1 aromatic rings. The highest BCUT2D eigenvalue weighted by atomic mass is 32.2. The first-order valence-corrected chi connectivity index (χ1v) is 7.31. The van der Waals surface area contributed by atoms with Gasteiger partial charge in [-0.15, -0.1) is 0 Å². The van der Waals surface area contributed by atoms with Crippen LogP contribution in [0.5, 0.6) is 0 Å². The van der Waals surface area contributed by atoms with Gasteiger partial charge in [0, 0.05) is 17.8 Å². The number of anilines is 2.